The molecule has 1 rings (SSSR count). The van der Waals surface area contributed by atoms with E-state index in [9.17, 15) is 9.59 Å². The third-order valence-corrected chi connectivity index (χ3v) is 4.77. The van der Waals surface area contributed by atoms with Gasteiger partial charge in [-0.25, -0.2) is 4.79 Å². The van der Waals surface area contributed by atoms with Crippen molar-refractivity contribution in [2.75, 3.05) is 45.8 Å². The molecule has 9 nitrogen and oxygen atoms in total. The molecule has 2 amide bonds. The molecular weight excluding hydrogens is 523 g/mol. The molecule has 0 aliphatic carbocycles. The van der Waals surface area contributed by atoms with Gasteiger partial charge >= 0.3 is 6.09 Å². The maximum Gasteiger partial charge on any atom is 0.407 e. The highest BCUT2D eigenvalue weighted by molar-refractivity contribution is 14.0. The number of hydrogen-bond acceptors (Lipinski definition) is 5. The van der Waals surface area contributed by atoms with E-state index in [1.807, 2.05) is 41.5 Å². The van der Waals surface area contributed by atoms with E-state index >= 15 is 0 Å². The Balaban J connectivity index is 0.00000961. The number of guanidine groups is 1. The molecule has 1 aliphatic rings. The van der Waals surface area contributed by atoms with Crippen molar-refractivity contribution in [2.45, 2.75) is 73.1 Å². The van der Waals surface area contributed by atoms with Gasteiger partial charge < -0.3 is 25.6 Å². The highest BCUT2D eigenvalue weighted by Crippen LogP contribution is 2.09. The van der Waals surface area contributed by atoms with Crippen LogP contribution in [0.5, 0.6) is 0 Å². The molecule has 0 saturated carbocycles. The number of nitrogens with zero attached hydrogens (tertiary/aromatic N) is 3. The Hall–Kier alpha value is -1.30. The predicted molar refractivity (Wildman–Crippen MR) is 141 cm³/mol. The molecule has 0 spiro atoms. The Morgan fingerprint density at radius 3 is 2.09 bits per heavy atom. The monoisotopic (exact) mass is 568 g/mol. The first-order valence-electron chi connectivity index (χ1n) is 11.5. The van der Waals surface area contributed by atoms with Gasteiger partial charge in [-0.2, -0.15) is 0 Å². The number of amides is 2. The molecule has 1 aliphatic heterocycles. The lowest BCUT2D eigenvalue weighted by Gasteiger charge is -2.36. The second-order valence-corrected chi connectivity index (χ2v) is 9.68. The fourth-order valence-electron chi connectivity index (χ4n) is 3.18. The summed E-state index contributed by atoms with van der Waals surface area (Å²) < 4.78 is 5.39. The zero-order chi connectivity index (χ0) is 23.6. The van der Waals surface area contributed by atoms with Crippen LogP contribution in [0.1, 0.15) is 55.4 Å². The first-order chi connectivity index (χ1) is 14.4. The van der Waals surface area contributed by atoms with Gasteiger partial charge in [0.2, 0.25) is 5.91 Å². The van der Waals surface area contributed by atoms with Gasteiger partial charge in [-0.15, -0.1) is 24.0 Å². The number of carbonyl (C=O) groups is 2. The highest BCUT2D eigenvalue weighted by atomic mass is 127. The molecule has 10 heteroatoms. The predicted octanol–water partition coefficient (Wildman–Crippen LogP) is 2.26. The Morgan fingerprint density at radius 2 is 1.62 bits per heavy atom. The van der Waals surface area contributed by atoms with Crippen molar-refractivity contribution in [1.82, 2.24) is 25.8 Å². The van der Waals surface area contributed by atoms with Crippen LogP contribution < -0.4 is 16.0 Å². The van der Waals surface area contributed by atoms with Crippen LogP contribution >= 0.6 is 24.0 Å². The maximum atomic E-state index is 12.2. The van der Waals surface area contributed by atoms with Crippen molar-refractivity contribution < 1.29 is 14.3 Å². The van der Waals surface area contributed by atoms with Gasteiger partial charge in [0.25, 0.3) is 0 Å². The summed E-state index contributed by atoms with van der Waals surface area (Å²) in [4.78, 5) is 33.4. The van der Waals surface area contributed by atoms with Gasteiger partial charge in [-0.3, -0.25) is 14.7 Å². The summed E-state index contributed by atoms with van der Waals surface area (Å²) in [6, 6.07) is 0.0361. The van der Waals surface area contributed by atoms with Crippen molar-refractivity contribution in [3.63, 3.8) is 0 Å². The minimum atomic E-state index is -0.532. The van der Waals surface area contributed by atoms with E-state index in [0.717, 1.165) is 38.7 Å². The fraction of sp³-hybridized carbons (Fsp3) is 0.864. The lowest BCUT2D eigenvalue weighted by atomic mass is 10.1. The van der Waals surface area contributed by atoms with Crippen molar-refractivity contribution in [1.29, 1.82) is 0 Å². The summed E-state index contributed by atoms with van der Waals surface area (Å²) in [6.07, 6.45) is -0.417. The molecule has 1 fully saturated rings. The molecule has 0 aromatic carbocycles. The third kappa shape index (κ3) is 12.7. The van der Waals surface area contributed by atoms with E-state index in [0.29, 0.717) is 13.1 Å². The Labute approximate surface area is 211 Å². The summed E-state index contributed by atoms with van der Waals surface area (Å²) in [5, 5.41) is 9.25. The summed E-state index contributed by atoms with van der Waals surface area (Å²) in [5.74, 6) is 1.12. The van der Waals surface area contributed by atoms with Crippen LogP contribution in [0.15, 0.2) is 4.99 Å². The van der Waals surface area contributed by atoms with Crippen molar-refractivity contribution >= 4 is 41.9 Å². The molecule has 1 heterocycles. The smallest absolute Gasteiger partial charge is 0.407 e. The number of alkyl carbamates (subject to hydrolysis) is 1. The lowest BCUT2D eigenvalue weighted by molar-refractivity contribution is -0.123. The van der Waals surface area contributed by atoms with E-state index in [2.05, 4.69) is 39.6 Å². The van der Waals surface area contributed by atoms with Crippen molar-refractivity contribution in [3.05, 3.63) is 0 Å². The Morgan fingerprint density at radius 1 is 1.03 bits per heavy atom. The Kier molecular flexibility index (Phi) is 14.2. The van der Waals surface area contributed by atoms with Gasteiger partial charge in [0.1, 0.15) is 5.60 Å². The third-order valence-electron chi connectivity index (χ3n) is 4.77. The van der Waals surface area contributed by atoms with Crippen LogP contribution in [0.2, 0.25) is 0 Å². The zero-order valence-corrected chi connectivity index (χ0v) is 23.5. The summed E-state index contributed by atoms with van der Waals surface area (Å²) in [7, 11) is 0. The van der Waals surface area contributed by atoms with Crippen molar-refractivity contribution in [3.8, 4) is 0 Å². The number of rotatable bonds is 8. The van der Waals surface area contributed by atoms with Gasteiger partial charge in [-0.1, -0.05) is 13.8 Å². The molecule has 3 N–H and O–H groups in total. The number of piperazine rings is 1. The number of nitrogens with one attached hydrogen (secondary N) is 3. The van der Waals surface area contributed by atoms with E-state index in [1.54, 1.807) is 0 Å². The lowest BCUT2D eigenvalue weighted by Crippen LogP contribution is -2.54. The minimum absolute atomic E-state index is 0. The van der Waals surface area contributed by atoms with Crippen LogP contribution in [-0.4, -0.2) is 91.3 Å². The summed E-state index contributed by atoms with van der Waals surface area (Å²) >= 11 is 0. The van der Waals surface area contributed by atoms with Crippen LogP contribution in [0.3, 0.4) is 0 Å². The molecule has 32 heavy (non-hydrogen) atoms. The molecule has 0 aromatic heterocycles. The number of aliphatic imine (C=N–C) groups is 1. The van der Waals surface area contributed by atoms with Crippen LogP contribution in [-0.2, 0) is 9.53 Å². The van der Waals surface area contributed by atoms with Gasteiger partial charge in [0.15, 0.2) is 5.96 Å². The molecule has 0 aromatic rings. The van der Waals surface area contributed by atoms with Crippen LogP contribution in [0.4, 0.5) is 4.79 Å². The maximum absolute atomic E-state index is 12.2. The Bertz CT molecular complexity index is 599. The second-order valence-electron chi connectivity index (χ2n) is 9.68. The SMILES string of the molecule is CCNC(=NCC(NC(=O)OC(C)(C)C)C(C)C)N1CCN(CC(=O)NC(C)C)CC1.I. The van der Waals surface area contributed by atoms with Crippen LogP contribution in [0, 0.1) is 5.92 Å². The quantitative estimate of drug-likeness (QED) is 0.236. The molecule has 1 saturated heterocycles. The second kappa shape index (κ2) is 14.8. The van der Waals surface area contributed by atoms with E-state index in [1.165, 1.54) is 0 Å². The first kappa shape index (κ1) is 30.7. The first-order valence-corrected chi connectivity index (χ1v) is 11.5. The number of ether oxygens (including phenoxy) is 1. The average Bonchev–Trinajstić information content (AvgIpc) is 2.62. The van der Waals surface area contributed by atoms with Crippen LogP contribution in [0.25, 0.3) is 0 Å². The minimum Gasteiger partial charge on any atom is -0.444 e. The fourth-order valence-corrected chi connectivity index (χ4v) is 3.18. The summed E-state index contributed by atoms with van der Waals surface area (Å²) in [6.45, 7) is 20.5. The molecule has 1 atom stereocenters. The number of carbonyl (C=O) groups excluding carboxylic acids is 2. The summed E-state index contributed by atoms with van der Waals surface area (Å²) in [5.41, 5.74) is -0.532. The zero-order valence-electron chi connectivity index (χ0n) is 21.2. The largest absolute Gasteiger partial charge is 0.444 e. The van der Waals surface area contributed by atoms with Gasteiger partial charge in [0, 0.05) is 38.8 Å². The molecular formula is C22H45IN6O3. The van der Waals surface area contributed by atoms with E-state index in [4.69, 9.17) is 9.73 Å². The van der Waals surface area contributed by atoms with Gasteiger partial charge in [0.05, 0.1) is 19.1 Å². The van der Waals surface area contributed by atoms with E-state index in [-0.39, 0.29) is 47.9 Å². The highest BCUT2D eigenvalue weighted by Gasteiger charge is 2.24. The van der Waals surface area contributed by atoms with Crippen molar-refractivity contribution in [2.24, 2.45) is 10.9 Å². The topological polar surface area (TPSA) is 98.3 Å². The molecule has 1 unspecified atom stereocenters. The number of hydrogen-bond donors (Lipinski definition) is 3. The molecule has 188 valence electrons. The van der Waals surface area contributed by atoms with E-state index < -0.39 is 11.7 Å². The average molecular weight is 569 g/mol. The normalized spacial score (nSPS) is 16.4. The molecule has 0 radical (unpaired) electrons. The molecule has 0 bridgehead atoms. The standard InChI is InChI=1S/C22H44N6O3.HI/c1-9-23-20(24-14-18(16(2)3)26-21(30)31-22(6,7)8)28-12-10-27(11-13-28)15-19(29)25-17(4)5;/h16-18H,9-15H2,1-8H3,(H,23,24)(H,25,29)(H,26,30);1H. The number of halogens is 1. The van der Waals surface area contributed by atoms with Gasteiger partial charge in [-0.05, 0) is 47.5 Å².